The van der Waals surface area contributed by atoms with Crippen molar-refractivity contribution in [2.75, 3.05) is 0 Å². The molecular formula is C26H30FN3O. The average molecular weight is 420 g/mol. The van der Waals surface area contributed by atoms with Gasteiger partial charge in [0.2, 0.25) is 0 Å². The molecule has 162 valence electrons. The average Bonchev–Trinajstić information content (AvgIpc) is 3.22. The van der Waals surface area contributed by atoms with Crippen molar-refractivity contribution >= 4 is 5.91 Å². The third kappa shape index (κ3) is 4.87. The van der Waals surface area contributed by atoms with E-state index in [2.05, 4.69) is 41.6 Å². The summed E-state index contributed by atoms with van der Waals surface area (Å²) in [5.74, 6) is 0.120. The first-order valence-corrected chi connectivity index (χ1v) is 11.1. The zero-order valence-corrected chi connectivity index (χ0v) is 18.4. The van der Waals surface area contributed by atoms with Gasteiger partial charge in [-0.3, -0.25) is 4.79 Å². The Morgan fingerprint density at radius 1 is 1.13 bits per heavy atom. The summed E-state index contributed by atoms with van der Waals surface area (Å²) in [6, 6.07) is 12.8. The van der Waals surface area contributed by atoms with Gasteiger partial charge < -0.3 is 9.47 Å². The molecule has 1 heterocycles. The molecule has 1 fully saturated rings. The van der Waals surface area contributed by atoms with Gasteiger partial charge in [-0.1, -0.05) is 55.2 Å². The molecule has 1 aliphatic rings. The summed E-state index contributed by atoms with van der Waals surface area (Å²) >= 11 is 0. The van der Waals surface area contributed by atoms with Crippen molar-refractivity contribution in [3.05, 3.63) is 88.8 Å². The Balaban J connectivity index is 1.62. The topological polar surface area (TPSA) is 38.1 Å². The minimum atomic E-state index is -0.466. The van der Waals surface area contributed by atoms with Crippen LogP contribution < -0.4 is 0 Å². The van der Waals surface area contributed by atoms with Crippen LogP contribution in [0.25, 0.3) is 0 Å². The van der Waals surface area contributed by atoms with Crippen LogP contribution in [0.5, 0.6) is 0 Å². The maximum absolute atomic E-state index is 14.4. The number of nitrogens with zero attached hydrogens (tertiary/aromatic N) is 3. The van der Waals surface area contributed by atoms with Gasteiger partial charge in [0.25, 0.3) is 5.91 Å². The van der Waals surface area contributed by atoms with Crippen LogP contribution in [0.3, 0.4) is 0 Å². The summed E-state index contributed by atoms with van der Waals surface area (Å²) in [6.45, 7) is 5.29. The van der Waals surface area contributed by atoms with Gasteiger partial charge in [-0.25, -0.2) is 9.37 Å². The van der Waals surface area contributed by atoms with Crippen LogP contribution in [-0.2, 0) is 13.1 Å². The van der Waals surface area contributed by atoms with E-state index in [1.807, 2.05) is 11.1 Å². The fourth-order valence-corrected chi connectivity index (χ4v) is 4.49. The molecule has 2 aromatic carbocycles. The third-order valence-electron chi connectivity index (χ3n) is 6.34. The molecule has 31 heavy (non-hydrogen) atoms. The standard InChI is InChI=1S/C26H30FN3O/c1-19-12-13-20(2)21(16-19)17-29-15-14-28-25(29)18-30(22-8-4-3-5-9-22)26(31)23-10-6-7-11-24(23)27/h6-7,10-16,22H,3-5,8-9,17-18H2,1-2H3. The van der Waals surface area contributed by atoms with E-state index in [0.29, 0.717) is 13.1 Å². The molecule has 0 saturated heterocycles. The lowest BCUT2D eigenvalue weighted by Crippen LogP contribution is -2.42. The van der Waals surface area contributed by atoms with Crippen molar-refractivity contribution in [1.82, 2.24) is 14.5 Å². The number of hydrogen-bond donors (Lipinski definition) is 0. The fraction of sp³-hybridized carbons (Fsp3) is 0.385. The Bertz CT molecular complexity index is 1050. The van der Waals surface area contributed by atoms with Crippen LogP contribution >= 0.6 is 0 Å². The molecule has 1 aliphatic carbocycles. The molecule has 0 unspecified atom stereocenters. The van der Waals surface area contributed by atoms with Gasteiger partial charge in [0, 0.05) is 25.0 Å². The van der Waals surface area contributed by atoms with E-state index in [1.54, 1.807) is 24.4 Å². The molecule has 0 spiro atoms. The number of rotatable bonds is 6. The second kappa shape index (κ2) is 9.46. The minimum absolute atomic E-state index is 0.117. The molecule has 5 heteroatoms. The van der Waals surface area contributed by atoms with Crippen molar-refractivity contribution in [1.29, 1.82) is 0 Å². The Morgan fingerprint density at radius 3 is 2.68 bits per heavy atom. The number of aryl methyl sites for hydroxylation is 2. The molecule has 1 amide bonds. The summed E-state index contributed by atoms with van der Waals surface area (Å²) in [4.78, 5) is 19.8. The molecule has 0 N–H and O–H groups in total. The van der Waals surface area contributed by atoms with E-state index < -0.39 is 5.82 Å². The van der Waals surface area contributed by atoms with Gasteiger partial charge in [0.1, 0.15) is 11.6 Å². The van der Waals surface area contributed by atoms with E-state index >= 15 is 0 Å². The van der Waals surface area contributed by atoms with Crippen LogP contribution in [0.2, 0.25) is 0 Å². The summed E-state index contributed by atoms with van der Waals surface area (Å²) in [5.41, 5.74) is 3.84. The van der Waals surface area contributed by atoms with Gasteiger partial charge in [0.15, 0.2) is 0 Å². The predicted octanol–water partition coefficient (Wildman–Crippen LogP) is 5.66. The fourth-order valence-electron chi connectivity index (χ4n) is 4.49. The molecule has 4 nitrogen and oxygen atoms in total. The number of carbonyl (C=O) groups excluding carboxylic acids is 1. The van der Waals surface area contributed by atoms with Gasteiger partial charge in [-0.2, -0.15) is 0 Å². The lowest BCUT2D eigenvalue weighted by molar-refractivity contribution is 0.0600. The maximum Gasteiger partial charge on any atom is 0.257 e. The van der Waals surface area contributed by atoms with Crippen LogP contribution in [0.4, 0.5) is 4.39 Å². The van der Waals surface area contributed by atoms with Crippen LogP contribution in [0, 0.1) is 19.7 Å². The summed E-state index contributed by atoms with van der Waals surface area (Å²) in [6.07, 6.45) is 9.05. The smallest absolute Gasteiger partial charge is 0.257 e. The van der Waals surface area contributed by atoms with E-state index in [1.165, 1.54) is 29.2 Å². The highest BCUT2D eigenvalue weighted by atomic mass is 19.1. The first kappa shape index (κ1) is 21.3. The van der Waals surface area contributed by atoms with E-state index in [-0.39, 0.29) is 17.5 Å². The van der Waals surface area contributed by atoms with E-state index in [4.69, 9.17) is 0 Å². The van der Waals surface area contributed by atoms with Crippen LogP contribution in [-0.4, -0.2) is 26.4 Å². The van der Waals surface area contributed by atoms with E-state index in [9.17, 15) is 9.18 Å². The number of halogens is 1. The first-order valence-electron chi connectivity index (χ1n) is 11.1. The Labute approximate surface area is 183 Å². The zero-order valence-electron chi connectivity index (χ0n) is 18.4. The third-order valence-corrected chi connectivity index (χ3v) is 6.34. The Morgan fingerprint density at radius 2 is 1.90 bits per heavy atom. The normalized spacial score (nSPS) is 14.5. The number of amides is 1. The second-order valence-corrected chi connectivity index (χ2v) is 8.61. The molecule has 3 aromatic rings. The number of aromatic nitrogens is 2. The molecule has 0 atom stereocenters. The number of hydrogen-bond acceptors (Lipinski definition) is 2. The molecule has 1 aromatic heterocycles. The highest BCUT2D eigenvalue weighted by Crippen LogP contribution is 2.26. The van der Waals surface area contributed by atoms with Crippen molar-refractivity contribution in [3.8, 4) is 0 Å². The molecule has 0 bridgehead atoms. The minimum Gasteiger partial charge on any atom is -0.329 e. The Kier molecular flexibility index (Phi) is 6.50. The van der Waals surface area contributed by atoms with Gasteiger partial charge in [-0.15, -0.1) is 0 Å². The van der Waals surface area contributed by atoms with E-state index in [0.717, 1.165) is 31.5 Å². The summed E-state index contributed by atoms with van der Waals surface area (Å²) < 4.78 is 16.5. The first-order chi connectivity index (χ1) is 15.0. The highest BCUT2D eigenvalue weighted by molar-refractivity contribution is 5.94. The monoisotopic (exact) mass is 419 g/mol. The maximum atomic E-state index is 14.4. The van der Waals surface area contributed by atoms with Crippen LogP contribution in [0.15, 0.2) is 54.9 Å². The van der Waals surface area contributed by atoms with Crippen molar-refractivity contribution < 1.29 is 9.18 Å². The van der Waals surface area contributed by atoms with Gasteiger partial charge in [0.05, 0.1) is 12.1 Å². The lowest BCUT2D eigenvalue weighted by Gasteiger charge is -2.34. The molecule has 0 radical (unpaired) electrons. The molecule has 1 saturated carbocycles. The summed E-state index contributed by atoms with van der Waals surface area (Å²) in [7, 11) is 0. The number of benzene rings is 2. The van der Waals surface area contributed by atoms with Crippen molar-refractivity contribution in [2.24, 2.45) is 0 Å². The van der Waals surface area contributed by atoms with Crippen LogP contribution in [0.1, 0.15) is 65.0 Å². The molecule has 4 rings (SSSR count). The number of carbonyl (C=O) groups is 1. The molecular weight excluding hydrogens is 389 g/mol. The van der Waals surface area contributed by atoms with Gasteiger partial charge in [-0.05, 0) is 49.9 Å². The highest BCUT2D eigenvalue weighted by Gasteiger charge is 2.29. The summed E-state index contributed by atoms with van der Waals surface area (Å²) in [5, 5.41) is 0. The quantitative estimate of drug-likeness (QED) is 0.517. The predicted molar refractivity (Wildman–Crippen MR) is 120 cm³/mol. The zero-order chi connectivity index (χ0) is 21.8. The second-order valence-electron chi connectivity index (χ2n) is 8.61. The largest absolute Gasteiger partial charge is 0.329 e. The molecule has 0 aliphatic heterocycles. The van der Waals surface area contributed by atoms with Crippen molar-refractivity contribution in [3.63, 3.8) is 0 Å². The van der Waals surface area contributed by atoms with Gasteiger partial charge >= 0.3 is 0 Å². The lowest BCUT2D eigenvalue weighted by atomic mass is 9.93. The Hall–Kier alpha value is -2.95. The van der Waals surface area contributed by atoms with Crippen molar-refractivity contribution in [2.45, 2.75) is 65.1 Å². The number of imidazole rings is 1. The SMILES string of the molecule is Cc1ccc(C)c(Cn2ccnc2CN(C(=O)c2ccccc2F)C2CCCCC2)c1.